The fraction of sp³-hybridized carbons (Fsp3) is 0.583. The van der Waals surface area contributed by atoms with Crippen LogP contribution in [0, 0.1) is 0 Å². The fourth-order valence-electron chi connectivity index (χ4n) is 2.09. The van der Waals surface area contributed by atoms with E-state index >= 15 is 0 Å². The Kier molecular flexibility index (Phi) is 4.40. The number of ether oxygens (including phenoxy) is 1. The van der Waals surface area contributed by atoms with Gasteiger partial charge in [-0.3, -0.25) is 0 Å². The molecule has 5 nitrogen and oxygen atoms in total. The van der Waals surface area contributed by atoms with E-state index in [1.54, 1.807) is 6.07 Å². The Morgan fingerprint density at radius 1 is 1.44 bits per heavy atom. The number of halogens is 1. The second kappa shape index (κ2) is 5.84. The van der Waals surface area contributed by atoms with E-state index in [1.807, 2.05) is 17.9 Å². The molecule has 2 atom stereocenters. The van der Waals surface area contributed by atoms with Gasteiger partial charge in [-0.1, -0.05) is 11.6 Å². The van der Waals surface area contributed by atoms with Crippen molar-refractivity contribution in [2.24, 2.45) is 0 Å². The van der Waals surface area contributed by atoms with Crippen molar-refractivity contribution in [2.45, 2.75) is 25.7 Å². The molecule has 2 heterocycles. The van der Waals surface area contributed by atoms with Crippen molar-refractivity contribution in [2.75, 3.05) is 24.6 Å². The number of nitrogens with zero attached hydrogens (tertiary/aromatic N) is 2. The van der Waals surface area contributed by atoms with Gasteiger partial charge in [-0.05, 0) is 19.1 Å². The third-order valence-electron chi connectivity index (χ3n) is 2.91. The van der Waals surface area contributed by atoms with E-state index in [0.29, 0.717) is 23.8 Å². The first kappa shape index (κ1) is 13.5. The van der Waals surface area contributed by atoms with Crippen LogP contribution < -0.4 is 4.90 Å². The molecule has 2 N–H and O–H groups in total. The molecule has 1 aromatic heterocycles. The standard InChI is InChI=1S/C12H17ClN2O3/c1-8-4-15(5-9(6-16)18-8)12-3-2-10(13)11(7-17)14-12/h2-3,8-9,16-17H,4-7H2,1H3. The molecule has 0 bridgehead atoms. The lowest BCUT2D eigenvalue weighted by Crippen LogP contribution is -2.48. The number of pyridine rings is 1. The van der Waals surface area contributed by atoms with Gasteiger partial charge in [0, 0.05) is 13.1 Å². The van der Waals surface area contributed by atoms with E-state index in [0.717, 1.165) is 5.82 Å². The van der Waals surface area contributed by atoms with Gasteiger partial charge < -0.3 is 19.8 Å². The molecule has 0 radical (unpaired) electrons. The molecule has 0 aromatic carbocycles. The molecule has 1 fully saturated rings. The summed E-state index contributed by atoms with van der Waals surface area (Å²) < 4.78 is 5.57. The third kappa shape index (κ3) is 2.92. The van der Waals surface area contributed by atoms with Crippen LogP contribution in [-0.4, -0.2) is 47.1 Å². The van der Waals surface area contributed by atoms with Gasteiger partial charge in [0.2, 0.25) is 0 Å². The van der Waals surface area contributed by atoms with Crippen molar-refractivity contribution < 1.29 is 14.9 Å². The Bertz CT molecular complexity index is 416. The van der Waals surface area contributed by atoms with Gasteiger partial charge in [0.15, 0.2) is 0 Å². The zero-order valence-corrected chi connectivity index (χ0v) is 11.0. The highest BCUT2D eigenvalue weighted by Crippen LogP contribution is 2.22. The summed E-state index contributed by atoms with van der Waals surface area (Å²) in [6, 6.07) is 3.54. The summed E-state index contributed by atoms with van der Waals surface area (Å²) in [5.41, 5.74) is 0.467. The van der Waals surface area contributed by atoms with Crippen LogP contribution in [0.5, 0.6) is 0 Å². The Labute approximate surface area is 111 Å². The van der Waals surface area contributed by atoms with E-state index in [4.69, 9.17) is 21.4 Å². The van der Waals surface area contributed by atoms with E-state index in [1.165, 1.54) is 0 Å². The zero-order chi connectivity index (χ0) is 13.1. The van der Waals surface area contributed by atoms with E-state index < -0.39 is 0 Å². The van der Waals surface area contributed by atoms with Crippen molar-refractivity contribution in [1.82, 2.24) is 4.98 Å². The van der Waals surface area contributed by atoms with Crippen LogP contribution in [0.3, 0.4) is 0 Å². The summed E-state index contributed by atoms with van der Waals surface area (Å²) >= 11 is 5.91. The lowest BCUT2D eigenvalue weighted by Gasteiger charge is -2.36. The Balaban J connectivity index is 2.19. The maximum Gasteiger partial charge on any atom is 0.129 e. The molecule has 6 heteroatoms. The number of morpholine rings is 1. The summed E-state index contributed by atoms with van der Waals surface area (Å²) in [4.78, 5) is 6.36. The molecule has 1 aliphatic rings. The van der Waals surface area contributed by atoms with Crippen LogP contribution in [-0.2, 0) is 11.3 Å². The number of hydrogen-bond acceptors (Lipinski definition) is 5. The Morgan fingerprint density at radius 3 is 2.89 bits per heavy atom. The van der Waals surface area contributed by atoms with Crippen molar-refractivity contribution in [3.05, 3.63) is 22.8 Å². The van der Waals surface area contributed by atoms with E-state index in [-0.39, 0.29) is 25.4 Å². The van der Waals surface area contributed by atoms with Gasteiger partial charge in [-0.2, -0.15) is 0 Å². The Morgan fingerprint density at radius 2 is 2.22 bits per heavy atom. The van der Waals surface area contributed by atoms with Gasteiger partial charge in [-0.15, -0.1) is 0 Å². The summed E-state index contributed by atoms with van der Waals surface area (Å²) in [5.74, 6) is 0.747. The second-order valence-electron chi connectivity index (χ2n) is 4.41. The van der Waals surface area contributed by atoms with Crippen LogP contribution >= 0.6 is 11.6 Å². The average molecular weight is 273 g/mol. The predicted molar refractivity (Wildman–Crippen MR) is 68.8 cm³/mol. The highest BCUT2D eigenvalue weighted by Gasteiger charge is 2.25. The van der Waals surface area contributed by atoms with Crippen LogP contribution in [0.4, 0.5) is 5.82 Å². The molecule has 18 heavy (non-hydrogen) atoms. The first-order chi connectivity index (χ1) is 8.63. The SMILES string of the molecule is CC1CN(c2ccc(Cl)c(CO)n2)CC(CO)O1. The molecule has 0 spiro atoms. The van der Waals surface area contributed by atoms with Crippen LogP contribution in [0.2, 0.25) is 5.02 Å². The monoisotopic (exact) mass is 272 g/mol. The van der Waals surface area contributed by atoms with Crippen LogP contribution in [0.25, 0.3) is 0 Å². The molecule has 100 valence electrons. The van der Waals surface area contributed by atoms with Gasteiger partial charge in [0.1, 0.15) is 5.82 Å². The number of hydrogen-bond donors (Lipinski definition) is 2. The minimum absolute atomic E-state index is 0.0126. The van der Waals surface area contributed by atoms with Gasteiger partial charge >= 0.3 is 0 Å². The molecule has 1 saturated heterocycles. The predicted octanol–water partition coefficient (Wildman–Crippen LogP) is 0.813. The first-order valence-corrected chi connectivity index (χ1v) is 6.29. The van der Waals surface area contributed by atoms with Gasteiger partial charge in [-0.25, -0.2) is 4.98 Å². The molecule has 1 aliphatic heterocycles. The smallest absolute Gasteiger partial charge is 0.129 e. The summed E-state index contributed by atoms with van der Waals surface area (Å²) in [6.07, 6.45) is -0.172. The lowest BCUT2D eigenvalue weighted by molar-refractivity contribution is -0.0423. The summed E-state index contributed by atoms with van der Waals surface area (Å²) in [7, 11) is 0. The first-order valence-electron chi connectivity index (χ1n) is 5.91. The second-order valence-corrected chi connectivity index (χ2v) is 4.82. The highest BCUT2D eigenvalue weighted by atomic mass is 35.5. The van der Waals surface area contributed by atoms with Crippen LogP contribution in [0.1, 0.15) is 12.6 Å². The summed E-state index contributed by atoms with van der Waals surface area (Å²) in [6.45, 7) is 3.05. The molecule has 1 aromatic rings. The minimum Gasteiger partial charge on any atom is -0.394 e. The normalized spacial score (nSPS) is 24.3. The zero-order valence-electron chi connectivity index (χ0n) is 10.2. The van der Waals surface area contributed by atoms with Crippen molar-refractivity contribution in [1.29, 1.82) is 0 Å². The molecule has 0 amide bonds. The fourth-order valence-corrected chi connectivity index (χ4v) is 2.26. The molecule has 2 rings (SSSR count). The van der Waals surface area contributed by atoms with Crippen LogP contribution in [0.15, 0.2) is 12.1 Å². The number of aromatic nitrogens is 1. The van der Waals surface area contributed by atoms with Gasteiger partial charge in [0.25, 0.3) is 0 Å². The van der Waals surface area contributed by atoms with E-state index in [2.05, 4.69) is 4.98 Å². The third-order valence-corrected chi connectivity index (χ3v) is 3.25. The largest absolute Gasteiger partial charge is 0.394 e. The minimum atomic E-state index is -0.205. The molecule has 0 saturated carbocycles. The highest BCUT2D eigenvalue weighted by molar-refractivity contribution is 6.31. The van der Waals surface area contributed by atoms with E-state index in [9.17, 15) is 5.11 Å². The topological polar surface area (TPSA) is 65.8 Å². The Hall–Kier alpha value is -0.880. The summed E-state index contributed by atoms with van der Waals surface area (Å²) in [5, 5.41) is 18.8. The van der Waals surface area contributed by atoms with Crippen molar-refractivity contribution >= 4 is 17.4 Å². The molecule has 2 unspecified atom stereocenters. The quantitative estimate of drug-likeness (QED) is 0.853. The number of rotatable bonds is 3. The maximum atomic E-state index is 9.19. The number of aliphatic hydroxyl groups excluding tert-OH is 2. The molecular formula is C12H17ClN2O3. The van der Waals surface area contributed by atoms with Gasteiger partial charge in [0.05, 0.1) is 36.1 Å². The maximum absolute atomic E-state index is 9.19. The number of anilines is 1. The average Bonchev–Trinajstić information content (AvgIpc) is 2.38. The molecule has 0 aliphatic carbocycles. The number of aliphatic hydroxyl groups is 2. The van der Waals surface area contributed by atoms with Crippen molar-refractivity contribution in [3.8, 4) is 0 Å². The lowest BCUT2D eigenvalue weighted by atomic mass is 10.2. The molecular weight excluding hydrogens is 256 g/mol. The van der Waals surface area contributed by atoms with Crippen molar-refractivity contribution in [3.63, 3.8) is 0 Å².